The summed E-state index contributed by atoms with van der Waals surface area (Å²) in [5.74, 6) is 0. The first-order valence-corrected chi connectivity index (χ1v) is 4.34. The minimum atomic E-state index is -2.43. The molecule has 0 aliphatic rings. The minimum absolute atomic E-state index is 0.239. The maximum atomic E-state index is 12.1. The first-order chi connectivity index (χ1) is 7.06. The summed E-state index contributed by atoms with van der Waals surface area (Å²) in [6, 6.07) is 6.68. The predicted molar refractivity (Wildman–Crippen MR) is 54.8 cm³/mol. The Morgan fingerprint density at radius 3 is 2.73 bits per heavy atom. The average molecular weight is 211 g/mol. The number of hydrogen-bond donors (Lipinski definition) is 1. The number of para-hydroxylation sites is 1. The molecule has 5 heteroatoms. The minimum Gasteiger partial charge on any atom is -0.396 e. The lowest BCUT2D eigenvalue weighted by Gasteiger charge is -2.20. The topological polar surface area (TPSA) is 53.0 Å². The molecule has 1 aromatic rings. The van der Waals surface area contributed by atoms with Crippen LogP contribution >= 0.6 is 0 Å². The molecule has 0 atom stereocenters. The van der Waals surface area contributed by atoms with E-state index >= 15 is 0 Å². The SMILES string of the molecule is CN(CC(F)F)c1cccc(C#N)c1N. The molecule has 1 rings (SSSR count). The number of halogens is 2. The highest BCUT2D eigenvalue weighted by Crippen LogP contribution is 2.25. The van der Waals surface area contributed by atoms with Gasteiger partial charge in [0, 0.05) is 7.05 Å². The van der Waals surface area contributed by atoms with Gasteiger partial charge in [-0.05, 0) is 12.1 Å². The van der Waals surface area contributed by atoms with Crippen LogP contribution in [0.3, 0.4) is 0 Å². The van der Waals surface area contributed by atoms with Crippen molar-refractivity contribution in [2.75, 3.05) is 24.2 Å². The number of alkyl halides is 2. The van der Waals surface area contributed by atoms with Crippen molar-refractivity contribution in [2.24, 2.45) is 0 Å². The summed E-state index contributed by atoms with van der Waals surface area (Å²) in [6.45, 7) is -0.404. The van der Waals surface area contributed by atoms with Gasteiger partial charge in [0.05, 0.1) is 23.5 Å². The fourth-order valence-corrected chi connectivity index (χ4v) is 1.29. The van der Waals surface area contributed by atoms with Crippen LogP contribution < -0.4 is 10.6 Å². The third-order valence-electron chi connectivity index (χ3n) is 2.03. The molecule has 2 N–H and O–H groups in total. The van der Waals surface area contributed by atoms with E-state index in [9.17, 15) is 8.78 Å². The summed E-state index contributed by atoms with van der Waals surface area (Å²) in [6.07, 6.45) is -2.43. The molecular formula is C10H11F2N3. The third kappa shape index (κ3) is 2.56. The monoisotopic (exact) mass is 211 g/mol. The Hall–Kier alpha value is -1.83. The maximum absolute atomic E-state index is 12.1. The molecule has 0 heterocycles. The van der Waals surface area contributed by atoms with Crippen molar-refractivity contribution in [2.45, 2.75) is 6.43 Å². The van der Waals surface area contributed by atoms with E-state index in [1.54, 1.807) is 18.2 Å². The highest BCUT2D eigenvalue weighted by Gasteiger charge is 2.12. The van der Waals surface area contributed by atoms with Crippen molar-refractivity contribution in [3.05, 3.63) is 23.8 Å². The van der Waals surface area contributed by atoms with Crippen molar-refractivity contribution in [1.82, 2.24) is 0 Å². The summed E-state index contributed by atoms with van der Waals surface area (Å²) >= 11 is 0. The first-order valence-electron chi connectivity index (χ1n) is 4.34. The van der Waals surface area contributed by atoms with Crippen LogP contribution in [0.5, 0.6) is 0 Å². The van der Waals surface area contributed by atoms with E-state index in [1.807, 2.05) is 6.07 Å². The third-order valence-corrected chi connectivity index (χ3v) is 2.03. The molecule has 3 nitrogen and oxygen atoms in total. The number of nitrogens with two attached hydrogens (primary N) is 1. The van der Waals surface area contributed by atoms with Gasteiger partial charge in [-0.25, -0.2) is 8.78 Å². The Balaban J connectivity index is 3.00. The summed E-state index contributed by atoms with van der Waals surface area (Å²) in [4.78, 5) is 1.33. The Labute approximate surface area is 86.7 Å². The first kappa shape index (κ1) is 11.2. The summed E-state index contributed by atoms with van der Waals surface area (Å²) in [5, 5.41) is 8.71. The number of benzene rings is 1. The van der Waals surface area contributed by atoms with Crippen LogP contribution in [0.2, 0.25) is 0 Å². The molecular weight excluding hydrogens is 200 g/mol. The second kappa shape index (κ2) is 4.60. The van der Waals surface area contributed by atoms with E-state index in [2.05, 4.69) is 0 Å². The molecule has 0 saturated carbocycles. The average Bonchev–Trinajstić information content (AvgIpc) is 2.17. The second-order valence-corrected chi connectivity index (χ2v) is 3.12. The maximum Gasteiger partial charge on any atom is 0.255 e. The van der Waals surface area contributed by atoms with Gasteiger partial charge in [0.1, 0.15) is 6.07 Å². The highest BCUT2D eigenvalue weighted by molar-refractivity contribution is 5.73. The lowest BCUT2D eigenvalue weighted by molar-refractivity contribution is 0.156. The Bertz CT molecular complexity index is 385. The standard InChI is InChI=1S/C10H11F2N3/c1-15(6-9(11)12)8-4-2-3-7(5-13)10(8)14/h2-4,9H,6,14H2,1H3. The second-order valence-electron chi connectivity index (χ2n) is 3.12. The van der Waals surface area contributed by atoms with E-state index < -0.39 is 13.0 Å². The molecule has 0 spiro atoms. The van der Waals surface area contributed by atoms with Crippen molar-refractivity contribution < 1.29 is 8.78 Å². The Morgan fingerprint density at radius 1 is 1.53 bits per heavy atom. The summed E-state index contributed by atoms with van der Waals surface area (Å²) in [5.41, 5.74) is 6.65. The number of nitrogens with zero attached hydrogens (tertiary/aromatic N) is 2. The molecule has 80 valence electrons. The van der Waals surface area contributed by atoms with Crippen molar-refractivity contribution in [3.63, 3.8) is 0 Å². The Kier molecular flexibility index (Phi) is 3.45. The molecule has 0 bridgehead atoms. The molecule has 1 aromatic carbocycles. The normalized spacial score (nSPS) is 10.1. The van der Waals surface area contributed by atoms with E-state index in [0.29, 0.717) is 11.3 Å². The van der Waals surface area contributed by atoms with Gasteiger partial charge in [0.2, 0.25) is 0 Å². The molecule has 0 aromatic heterocycles. The number of nitrogen functional groups attached to an aromatic ring is 1. The van der Waals surface area contributed by atoms with Gasteiger partial charge in [-0.1, -0.05) is 6.07 Å². The van der Waals surface area contributed by atoms with Gasteiger partial charge in [-0.15, -0.1) is 0 Å². The summed E-state index contributed by atoms with van der Waals surface area (Å²) in [7, 11) is 1.51. The van der Waals surface area contributed by atoms with Crippen LogP contribution in [-0.2, 0) is 0 Å². The largest absolute Gasteiger partial charge is 0.396 e. The number of rotatable bonds is 3. The molecule has 0 aliphatic carbocycles. The number of hydrogen-bond acceptors (Lipinski definition) is 3. The quantitative estimate of drug-likeness (QED) is 0.776. The zero-order valence-electron chi connectivity index (χ0n) is 8.24. The fraction of sp³-hybridized carbons (Fsp3) is 0.300. The zero-order valence-corrected chi connectivity index (χ0v) is 8.24. The van der Waals surface area contributed by atoms with Gasteiger partial charge in [-0.3, -0.25) is 0 Å². The van der Waals surface area contributed by atoms with Crippen LogP contribution in [0.25, 0.3) is 0 Å². The summed E-state index contributed by atoms with van der Waals surface area (Å²) < 4.78 is 24.3. The molecule has 15 heavy (non-hydrogen) atoms. The van der Waals surface area contributed by atoms with E-state index in [-0.39, 0.29) is 5.69 Å². The van der Waals surface area contributed by atoms with Crippen LogP contribution in [0.4, 0.5) is 20.2 Å². The smallest absolute Gasteiger partial charge is 0.255 e. The number of nitriles is 1. The molecule has 0 aliphatic heterocycles. The van der Waals surface area contributed by atoms with E-state index in [4.69, 9.17) is 11.0 Å². The van der Waals surface area contributed by atoms with Gasteiger partial charge >= 0.3 is 0 Å². The fourth-order valence-electron chi connectivity index (χ4n) is 1.29. The lowest BCUT2D eigenvalue weighted by atomic mass is 10.1. The van der Waals surface area contributed by atoms with Crippen LogP contribution in [0.15, 0.2) is 18.2 Å². The van der Waals surface area contributed by atoms with Gasteiger partial charge in [0.25, 0.3) is 6.43 Å². The van der Waals surface area contributed by atoms with Crippen LogP contribution in [0.1, 0.15) is 5.56 Å². The highest BCUT2D eigenvalue weighted by atomic mass is 19.3. The van der Waals surface area contributed by atoms with Crippen molar-refractivity contribution >= 4 is 11.4 Å². The van der Waals surface area contributed by atoms with Gasteiger partial charge in [0.15, 0.2) is 0 Å². The molecule has 0 radical (unpaired) electrons. The zero-order chi connectivity index (χ0) is 11.4. The molecule has 0 unspecified atom stereocenters. The Morgan fingerprint density at radius 2 is 2.20 bits per heavy atom. The predicted octanol–water partition coefficient (Wildman–Crippen LogP) is 1.84. The molecule has 0 amide bonds. The molecule has 0 fully saturated rings. The number of anilines is 2. The molecule has 0 saturated heterocycles. The van der Waals surface area contributed by atoms with Crippen molar-refractivity contribution in [3.8, 4) is 6.07 Å². The van der Waals surface area contributed by atoms with Crippen LogP contribution in [-0.4, -0.2) is 20.0 Å². The van der Waals surface area contributed by atoms with E-state index in [1.165, 1.54) is 11.9 Å². The van der Waals surface area contributed by atoms with Crippen LogP contribution in [0, 0.1) is 11.3 Å². The van der Waals surface area contributed by atoms with Gasteiger partial charge < -0.3 is 10.6 Å². The van der Waals surface area contributed by atoms with Crippen molar-refractivity contribution in [1.29, 1.82) is 5.26 Å². The van der Waals surface area contributed by atoms with E-state index in [0.717, 1.165) is 0 Å². The van der Waals surface area contributed by atoms with Gasteiger partial charge in [-0.2, -0.15) is 5.26 Å². The lowest BCUT2D eigenvalue weighted by Crippen LogP contribution is -2.25.